The summed E-state index contributed by atoms with van der Waals surface area (Å²) in [5.41, 5.74) is 0.954. The Labute approximate surface area is 121 Å². The molecule has 0 radical (unpaired) electrons. The van der Waals surface area contributed by atoms with Crippen molar-refractivity contribution < 1.29 is 8.95 Å². The van der Waals surface area contributed by atoms with E-state index in [1.165, 1.54) is 0 Å². The van der Waals surface area contributed by atoms with Crippen LogP contribution in [0.4, 0.5) is 5.82 Å². The van der Waals surface area contributed by atoms with E-state index in [1.807, 2.05) is 19.9 Å². The van der Waals surface area contributed by atoms with E-state index in [1.54, 1.807) is 12.3 Å². The summed E-state index contributed by atoms with van der Waals surface area (Å²) in [6, 6.07) is 3.78. The van der Waals surface area contributed by atoms with Gasteiger partial charge in [0.1, 0.15) is 11.0 Å². The normalized spacial score (nSPS) is 18.4. The molecule has 0 amide bonds. The van der Waals surface area contributed by atoms with Gasteiger partial charge in [-0.3, -0.25) is 4.21 Å². The summed E-state index contributed by atoms with van der Waals surface area (Å²) in [5, 5.41) is 0.442. The molecule has 6 heteroatoms. The van der Waals surface area contributed by atoms with Gasteiger partial charge in [-0.25, -0.2) is 4.98 Å². The van der Waals surface area contributed by atoms with Crippen LogP contribution in [0.15, 0.2) is 12.1 Å². The highest BCUT2D eigenvalue weighted by Crippen LogP contribution is 2.30. The zero-order valence-corrected chi connectivity index (χ0v) is 13.1. The maximum absolute atomic E-state index is 11.9. The van der Waals surface area contributed by atoms with Crippen molar-refractivity contribution in [2.24, 2.45) is 0 Å². The minimum Gasteiger partial charge on any atom is -0.378 e. The molecule has 0 N–H and O–H groups in total. The molecule has 1 saturated heterocycles. The zero-order valence-electron chi connectivity index (χ0n) is 11.5. The number of ether oxygens (including phenoxy) is 1. The van der Waals surface area contributed by atoms with E-state index in [0.717, 1.165) is 24.5 Å². The van der Waals surface area contributed by atoms with Gasteiger partial charge < -0.3 is 9.64 Å². The Morgan fingerprint density at radius 3 is 2.58 bits per heavy atom. The van der Waals surface area contributed by atoms with Gasteiger partial charge in [-0.1, -0.05) is 11.6 Å². The lowest BCUT2D eigenvalue weighted by atomic mass is 10.0. The summed E-state index contributed by atoms with van der Waals surface area (Å²) in [6.45, 7) is 6.93. The summed E-state index contributed by atoms with van der Waals surface area (Å²) in [5.74, 6) is 0.837. The molecule has 2 rings (SSSR count). The fourth-order valence-electron chi connectivity index (χ4n) is 1.95. The van der Waals surface area contributed by atoms with Crippen molar-refractivity contribution in [2.45, 2.75) is 18.6 Å². The molecule has 2 heterocycles. The molecule has 106 valence electrons. The lowest BCUT2D eigenvalue weighted by Crippen LogP contribution is -2.37. The quantitative estimate of drug-likeness (QED) is 0.803. The molecule has 4 nitrogen and oxygen atoms in total. The third-order valence-electron chi connectivity index (χ3n) is 3.53. The van der Waals surface area contributed by atoms with Crippen molar-refractivity contribution in [1.82, 2.24) is 4.98 Å². The third-order valence-corrected chi connectivity index (χ3v) is 5.40. The summed E-state index contributed by atoms with van der Waals surface area (Å²) in [4.78, 5) is 6.51. The van der Waals surface area contributed by atoms with Crippen molar-refractivity contribution in [1.29, 1.82) is 0 Å². The monoisotopic (exact) mass is 302 g/mol. The molecule has 0 bridgehead atoms. The van der Waals surface area contributed by atoms with Gasteiger partial charge in [0.15, 0.2) is 0 Å². The highest BCUT2D eigenvalue weighted by Gasteiger charge is 2.27. The lowest BCUT2D eigenvalue weighted by Gasteiger charge is -2.30. The topological polar surface area (TPSA) is 42.4 Å². The molecule has 1 aliphatic rings. The maximum atomic E-state index is 11.9. The van der Waals surface area contributed by atoms with Crippen LogP contribution in [0.1, 0.15) is 19.4 Å². The van der Waals surface area contributed by atoms with E-state index >= 15 is 0 Å². The number of morpholine rings is 1. The number of rotatable bonds is 3. The van der Waals surface area contributed by atoms with Gasteiger partial charge in [0.25, 0.3) is 0 Å². The van der Waals surface area contributed by atoms with Gasteiger partial charge in [-0.05, 0) is 31.5 Å². The van der Waals surface area contributed by atoms with Gasteiger partial charge in [-0.2, -0.15) is 0 Å². The van der Waals surface area contributed by atoms with Crippen LogP contribution in [0.5, 0.6) is 0 Å². The van der Waals surface area contributed by atoms with Gasteiger partial charge in [0, 0.05) is 30.1 Å². The number of nitrogens with zero attached hydrogens (tertiary/aromatic N) is 2. The van der Waals surface area contributed by atoms with Crippen molar-refractivity contribution in [3.05, 3.63) is 22.8 Å². The smallest absolute Gasteiger partial charge is 0.131 e. The van der Waals surface area contributed by atoms with Crippen molar-refractivity contribution in [2.75, 3.05) is 37.5 Å². The fourth-order valence-corrected chi connectivity index (χ4v) is 2.60. The first-order valence-corrected chi connectivity index (χ1v) is 8.19. The molecule has 1 fully saturated rings. The second-order valence-electron chi connectivity index (χ2n) is 5.10. The van der Waals surface area contributed by atoms with Crippen LogP contribution in [-0.4, -0.2) is 41.8 Å². The minimum absolute atomic E-state index is 0.437. The summed E-state index contributed by atoms with van der Waals surface area (Å²) in [7, 11) is -0.978. The van der Waals surface area contributed by atoms with Crippen molar-refractivity contribution in [3.63, 3.8) is 0 Å². The Morgan fingerprint density at radius 2 is 2.00 bits per heavy atom. The van der Waals surface area contributed by atoms with Crippen LogP contribution in [0, 0.1) is 0 Å². The lowest BCUT2D eigenvalue weighted by molar-refractivity contribution is 0.122. The Hall–Kier alpha value is -0.650. The molecule has 1 aliphatic heterocycles. The van der Waals surface area contributed by atoms with E-state index < -0.39 is 15.5 Å². The van der Waals surface area contributed by atoms with Crippen molar-refractivity contribution in [3.8, 4) is 0 Å². The largest absolute Gasteiger partial charge is 0.378 e. The molecule has 0 aromatic carbocycles. The van der Waals surface area contributed by atoms with E-state index in [9.17, 15) is 4.21 Å². The third kappa shape index (κ3) is 3.27. The van der Waals surface area contributed by atoms with Crippen LogP contribution < -0.4 is 4.90 Å². The molecule has 1 aromatic rings. The van der Waals surface area contributed by atoms with Gasteiger partial charge in [0.2, 0.25) is 0 Å². The zero-order chi connectivity index (χ0) is 14.0. The first-order valence-electron chi connectivity index (χ1n) is 6.25. The number of halogens is 1. The molecule has 0 saturated carbocycles. The first kappa shape index (κ1) is 14.8. The molecule has 19 heavy (non-hydrogen) atoms. The Balaban J connectivity index is 2.36. The highest BCUT2D eigenvalue weighted by atomic mass is 35.5. The molecule has 0 aliphatic carbocycles. The van der Waals surface area contributed by atoms with E-state index in [4.69, 9.17) is 16.3 Å². The predicted octanol–water partition coefficient (Wildman–Crippen LogP) is 2.19. The van der Waals surface area contributed by atoms with Crippen molar-refractivity contribution >= 4 is 28.2 Å². The summed E-state index contributed by atoms with van der Waals surface area (Å²) < 4.78 is 16.8. The second kappa shape index (κ2) is 5.77. The molecular weight excluding hydrogens is 284 g/mol. The predicted molar refractivity (Wildman–Crippen MR) is 79.4 cm³/mol. The van der Waals surface area contributed by atoms with E-state index in [-0.39, 0.29) is 0 Å². The van der Waals surface area contributed by atoms with Gasteiger partial charge >= 0.3 is 0 Å². The van der Waals surface area contributed by atoms with Crippen LogP contribution in [0.25, 0.3) is 0 Å². The molecule has 1 aromatic heterocycles. The Bertz CT molecular complexity index is 488. The SMILES string of the molecule is CS(=O)C(C)(C)c1cc(Cl)nc(N2CCOCC2)c1. The maximum Gasteiger partial charge on any atom is 0.131 e. The van der Waals surface area contributed by atoms with E-state index in [0.29, 0.717) is 18.4 Å². The van der Waals surface area contributed by atoms with Crippen LogP contribution >= 0.6 is 11.6 Å². The fraction of sp³-hybridized carbons (Fsp3) is 0.615. The Kier molecular flexibility index (Phi) is 4.48. The van der Waals surface area contributed by atoms with Crippen LogP contribution in [-0.2, 0) is 20.3 Å². The van der Waals surface area contributed by atoms with Gasteiger partial charge in [0.05, 0.1) is 18.0 Å². The molecule has 1 unspecified atom stereocenters. The first-order chi connectivity index (χ1) is 8.91. The van der Waals surface area contributed by atoms with E-state index in [2.05, 4.69) is 9.88 Å². The van der Waals surface area contributed by atoms with Crippen LogP contribution in [0.2, 0.25) is 5.15 Å². The number of aromatic nitrogens is 1. The summed E-state index contributed by atoms with van der Waals surface area (Å²) >= 11 is 6.11. The second-order valence-corrected chi connectivity index (χ2v) is 7.42. The number of anilines is 1. The minimum atomic E-state index is -0.978. The molecular formula is C13H19ClN2O2S. The standard InChI is InChI=1S/C13H19ClN2O2S/c1-13(2,19(3)17)10-8-11(14)15-12(9-10)16-4-6-18-7-5-16/h8-9H,4-7H2,1-3H3. The molecule has 0 spiro atoms. The number of hydrogen-bond donors (Lipinski definition) is 0. The Morgan fingerprint density at radius 1 is 1.37 bits per heavy atom. The highest BCUT2D eigenvalue weighted by molar-refractivity contribution is 7.85. The number of pyridine rings is 1. The van der Waals surface area contributed by atoms with Gasteiger partial charge in [-0.15, -0.1) is 0 Å². The number of hydrogen-bond acceptors (Lipinski definition) is 4. The average Bonchev–Trinajstić information content (AvgIpc) is 2.39. The molecule has 1 atom stereocenters. The van der Waals surface area contributed by atoms with Crippen LogP contribution in [0.3, 0.4) is 0 Å². The summed E-state index contributed by atoms with van der Waals surface area (Å²) in [6.07, 6.45) is 1.71. The average molecular weight is 303 g/mol.